The maximum Gasteiger partial charge on any atom is 0.251 e. The van der Waals surface area contributed by atoms with Crippen LogP contribution in [0.3, 0.4) is 0 Å². The normalized spacial score (nSPS) is 12.4. The molecule has 1 heterocycles. The summed E-state index contributed by atoms with van der Waals surface area (Å²) in [6.45, 7) is 11.6. The molecule has 1 N–H and O–H groups in total. The number of rotatable bonds is 9. The summed E-state index contributed by atoms with van der Waals surface area (Å²) in [5.74, 6) is -0.0497. The number of carbonyl (C=O) groups is 1. The number of aryl methyl sites for hydroxylation is 1. The van der Waals surface area contributed by atoms with E-state index in [1.807, 2.05) is 43.9 Å². The minimum Gasteiger partial charge on any atom is -0.345 e. The third-order valence-electron chi connectivity index (χ3n) is 4.79. The lowest BCUT2D eigenvalue weighted by atomic mass is 10.1. The van der Waals surface area contributed by atoms with Gasteiger partial charge in [-0.1, -0.05) is 26.0 Å². The van der Waals surface area contributed by atoms with Gasteiger partial charge in [0.15, 0.2) is 0 Å². The second kappa shape index (κ2) is 9.53. The number of aromatic nitrogens is 2. The molecule has 0 fully saturated rings. The molecule has 1 atom stereocenters. The minimum absolute atomic E-state index is 0.0497. The first-order valence-corrected chi connectivity index (χ1v) is 9.56. The Bertz CT molecular complexity index is 699. The Morgan fingerprint density at radius 1 is 1.19 bits per heavy atom. The van der Waals surface area contributed by atoms with E-state index < -0.39 is 0 Å². The van der Waals surface area contributed by atoms with Gasteiger partial charge in [0.25, 0.3) is 5.91 Å². The highest BCUT2D eigenvalue weighted by Crippen LogP contribution is 2.17. The maximum atomic E-state index is 12.5. The molecule has 1 amide bonds. The van der Waals surface area contributed by atoms with Gasteiger partial charge in [0.2, 0.25) is 0 Å². The molecule has 0 saturated heterocycles. The molecule has 2 aromatic rings. The zero-order valence-corrected chi connectivity index (χ0v) is 16.7. The highest BCUT2D eigenvalue weighted by atomic mass is 16.1. The van der Waals surface area contributed by atoms with Crippen LogP contribution in [0.1, 0.15) is 66.8 Å². The van der Waals surface area contributed by atoms with Gasteiger partial charge in [-0.25, -0.2) is 0 Å². The van der Waals surface area contributed by atoms with Crippen molar-refractivity contribution >= 4 is 5.91 Å². The summed E-state index contributed by atoms with van der Waals surface area (Å²) in [5.41, 5.74) is 4.06. The van der Waals surface area contributed by atoms with E-state index in [9.17, 15) is 4.79 Å². The lowest BCUT2D eigenvalue weighted by Crippen LogP contribution is -2.27. The average Bonchev–Trinajstić information content (AvgIpc) is 2.95. The van der Waals surface area contributed by atoms with E-state index >= 15 is 0 Å². The lowest BCUT2D eigenvalue weighted by molar-refractivity contribution is 0.0940. The SMILES string of the molecule is CCCN(CCC)Cc1ccc(C(=O)N[C@H](C)c2cnn(C)c2C)cc1. The van der Waals surface area contributed by atoms with Crippen molar-refractivity contribution in [2.75, 3.05) is 13.1 Å². The molecule has 1 aromatic heterocycles. The molecule has 2 rings (SSSR count). The van der Waals surface area contributed by atoms with E-state index in [0.717, 1.165) is 43.7 Å². The molecule has 1 aromatic carbocycles. The first kappa shape index (κ1) is 20.2. The Hall–Kier alpha value is -2.14. The van der Waals surface area contributed by atoms with Crippen LogP contribution in [0.2, 0.25) is 0 Å². The first-order valence-electron chi connectivity index (χ1n) is 9.56. The van der Waals surface area contributed by atoms with Crippen molar-refractivity contribution in [1.82, 2.24) is 20.0 Å². The molecule has 0 aliphatic carbocycles. The van der Waals surface area contributed by atoms with Crippen LogP contribution in [0.5, 0.6) is 0 Å². The molecular formula is C21H32N4O. The third-order valence-corrected chi connectivity index (χ3v) is 4.79. The number of benzene rings is 1. The first-order chi connectivity index (χ1) is 12.5. The molecule has 0 saturated carbocycles. The Kier molecular flexibility index (Phi) is 7.39. The van der Waals surface area contributed by atoms with E-state index in [1.54, 1.807) is 0 Å². The molecule has 26 heavy (non-hydrogen) atoms. The van der Waals surface area contributed by atoms with E-state index in [4.69, 9.17) is 0 Å². The molecule has 0 radical (unpaired) electrons. The second-order valence-electron chi connectivity index (χ2n) is 6.98. The molecule has 5 nitrogen and oxygen atoms in total. The highest BCUT2D eigenvalue weighted by Gasteiger charge is 2.15. The molecule has 0 unspecified atom stereocenters. The van der Waals surface area contributed by atoms with Gasteiger partial charge in [-0.3, -0.25) is 14.4 Å². The Balaban J connectivity index is 1.98. The van der Waals surface area contributed by atoms with Crippen LogP contribution in [0.25, 0.3) is 0 Å². The van der Waals surface area contributed by atoms with E-state index in [-0.39, 0.29) is 11.9 Å². The quantitative estimate of drug-likeness (QED) is 0.743. The zero-order chi connectivity index (χ0) is 19.1. The van der Waals surface area contributed by atoms with Crippen LogP contribution in [-0.4, -0.2) is 33.7 Å². The van der Waals surface area contributed by atoms with Crippen molar-refractivity contribution in [1.29, 1.82) is 0 Å². The van der Waals surface area contributed by atoms with E-state index in [2.05, 4.69) is 41.3 Å². The van der Waals surface area contributed by atoms with Crippen LogP contribution in [0, 0.1) is 6.92 Å². The van der Waals surface area contributed by atoms with Crippen molar-refractivity contribution in [3.63, 3.8) is 0 Å². The maximum absolute atomic E-state index is 12.5. The fraction of sp³-hybridized carbons (Fsp3) is 0.524. The number of nitrogens with one attached hydrogen (secondary N) is 1. The van der Waals surface area contributed by atoms with Gasteiger partial charge in [-0.2, -0.15) is 5.10 Å². The Labute approximate surface area is 157 Å². The predicted octanol–water partition coefficient (Wildman–Crippen LogP) is 3.84. The van der Waals surface area contributed by atoms with Crippen molar-refractivity contribution in [3.8, 4) is 0 Å². The zero-order valence-electron chi connectivity index (χ0n) is 16.7. The molecule has 0 spiro atoms. The van der Waals surface area contributed by atoms with Crippen LogP contribution >= 0.6 is 0 Å². The van der Waals surface area contributed by atoms with Gasteiger partial charge in [-0.05, 0) is 57.5 Å². The number of nitrogens with zero attached hydrogens (tertiary/aromatic N) is 3. The van der Waals surface area contributed by atoms with Crippen LogP contribution in [0.15, 0.2) is 30.5 Å². The van der Waals surface area contributed by atoms with E-state index in [0.29, 0.717) is 5.56 Å². The summed E-state index contributed by atoms with van der Waals surface area (Å²) in [6.07, 6.45) is 4.14. The summed E-state index contributed by atoms with van der Waals surface area (Å²) < 4.78 is 1.82. The molecular weight excluding hydrogens is 324 g/mol. The topological polar surface area (TPSA) is 50.2 Å². The van der Waals surface area contributed by atoms with Crippen LogP contribution < -0.4 is 5.32 Å². The van der Waals surface area contributed by atoms with Gasteiger partial charge in [0.1, 0.15) is 0 Å². The average molecular weight is 357 g/mol. The number of hydrogen-bond donors (Lipinski definition) is 1. The molecule has 5 heteroatoms. The standard InChI is InChI=1S/C21H32N4O/c1-6-12-25(13-7-2)15-18-8-10-19(11-9-18)21(26)23-16(3)20-14-22-24(5)17(20)4/h8-11,14,16H,6-7,12-13,15H2,1-5H3,(H,23,26)/t16-/m1/s1. The second-order valence-corrected chi connectivity index (χ2v) is 6.98. The van der Waals surface area contributed by atoms with E-state index in [1.165, 1.54) is 5.56 Å². The summed E-state index contributed by atoms with van der Waals surface area (Å²) in [5, 5.41) is 7.31. The minimum atomic E-state index is -0.0690. The molecule has 142 valence electrons. The molecule has 0 bridgehead atoms. The highest BCUT2D eigenvalue weighted by molar-refractivity contribution is 5.94. The van der Waals surface area contributed by atoms with Gasteiger partial charge in [0, 0.05) is 30.4 Å². The largest absolute Gasteiger partial charge is 0.345 e. The molecule has 0 aliphatic heterocycles. The van der Waals surface area contributed by atoms with Gasteiger partial charge in [0.05, 0.1) is 12.2 Å². The summed E-state index contributed by atoms with van der Waals surface area (Å²) >= 11 is 0. The number of amides is 1. The van der Waals surface area contributed by atoms with Crippen molar-refractivity contribution in [2.45, 2.75) is 53.1 Å². The number of hydrogen-bond acceptors (Lipinski definition) is 3. The molecule has 0 aliphatic rings. The van der Waals surface area contributed by atoms with Crippen molar-refractivity contribution in [2.24, 2.45) is 7.05 Å². The number of carbonyl (C=O) groups excluding carboxylic acids is 1. The van der Waals surface area contributed by atoms with Crippen molar-refractivity contribution < 1.29 is 4.79 Å². The smallest absolute Gasteiger partial charge is 0.251 e. The monoisotopic (exact) mass is 356 g/mol. The van der Waals surface area contributed by atoms with Crippen LogP contribution in [-0.2, 0) is 13.6 Å². The lowest BCUT2D eigenvalue weighted by Gasteiger charge is -2.21. The Morgan fingerprint density at radius 3 is 2.31 bits per heavy atom. The van der Waals surface area contributed by atoms with Gasteiger partial charge < -0.3 is 5.32 Å². The fourth-order valence-electron chi connectivity index (χ4n) is 3.22. The van der Waals surface area contributed by atoms with Crippen LogP contribution in [0.4, 0.5) is 0 Å². The predicted molar refractivity (Wildman–Crippen MR) is 106 cm³/mol. The van der Waals surface area contributed by atoms with Crippen molar-refractivity contribution in [3.05, 3.63) is 52.8 Å². The summed E-state index contributed by atoms with van der Waals surface area (Å²) in [6, 6.07) is 7.90. The van der Waals surface area contributed by atoms with Gasteiger partial charge in [-0.15, -0.1) is 0 Å². The Morgan fingerprint density at radius 2 is 1.81 bits per heavy atom. The third kappa shape index (κ3) is 5.18. The summed E-state index contributed by atoms with van der Waals surface area (Å²) in [7, 11) is 1.91. The fourth-order valence-corrected chi connectivity index (χ4v) is 3.22. The van der Waals surface area contributed by atoms with Gasteiger partial charge >= 0.3 is 0 Å². The summed E-state index contributed by atoms with van der Waals surface area (Å²) in [4.78, 5) is 15.0.